The summed E-state index contributed by atoms with van der Waals surface area (Å²) >= 11 is 6.53. The van der Waals surface area contributed by atoms with Gasteiger partial charge < -0.3 is 14.4 Å². The first-order chi connectivity index (χ1) is 15.5. The first-order valence-corrected chi connectivity index (χ1v) is 11.2. The van der Waals surface area contributed by atoms with E-state index in [0.29, 0.717) is 33.9 Å². The fourth-order valence-corrected chi connectivity index (χ4v) is 5.10. The lowest BCUT2D eigenvalue weighted by Gasteiger charge is -2.31. The van der Waals surface area contributed by atoms with Gasteiger partial charge in [0.15, 0.2) is 0 Å². The average Bonchev–Trinajstić information content (AvgIpc) is 3.20. The lowest BCUT2D eigenvalue weighted by molar-refractivity contribution is 0.0935. The van der Waals surface area contributed by atoms with E-state index in [9.17, 15) is 9.59 Å². The maximum Gasteiger partial charge on any atom is 0.269 e. The molecule has 1 saturated carbocycles. The molecule has 1 N–H and O–H groups in total. The number of carbonyl (C=O) groups excluding carboxylic acids is 1. The smallest absolute Gasteiger partial charge is 0.269 e. The third kappa shape index (κ3) is 3.56. The number of pyridine rings is 2. The van der Waals surface area contributed by atoms with Gasteiger partial charge in [-0.2, -0.15) is 0 Å². The fraction of sp³-hybridized carbons (Fsp3) is 0.333. The zero-order valence-corrected chi connectivity index (χ0v) is 18.4. The number of carbonyl (C=O) groups is 1. The standard InChI is InChI=1S/C24H23ClN4O3/c1-14-20-22(28-32-14)21-17(25)8-5-10-19(21)29(24(20)31)16-7-4-6-15(12-16)13-27-23(30)18-9-2-3-11-26-18/h2-3,5,8-11,15-16H,4,6-7,12-13H2,1H3,(H,27,30). The zero-order chi connectivity index (χ0) is 22.2. The molecule has 2 atom stereocenters. The van der Waals surface area contributed by atoms with E-state index >= 15 is 0 Å². The Morgan fingerprint density at radius 1 is 1.22 bits per heavy atom. The molecule has 0 spiro atoms. The van der Waals surface area contributed by atoms with E-state index in [-0.39, 0.29) is 23.4 Å². The molecule has 32 heavy (non-hydrogen) atoms. The highest BCUT2D eigenvalue weighted by Crippen LogP contribution is 2.36. The Bertz CT molecular complexity index is 1360. The van der Waals surface area contributed by atoms with Crippen molar-refractivity contribution in [3.05, 3.63) is 69.4 Å². The lowest BCUT2D eigenvalue weighted by atomic mass is 9.85. The van der Waals surface area contributed by atoms with Crippen molar-refractivity contribution in [3.63, 3.8) is 0 Å². The van der Waals surface area contributed by atoms with Crippen molar-refractivity contribution in [1.82, 2.24) is 20.0 Å². The van der Waals surface area contributed by atoms with E-state index in [1.54, 1.807) is 37.4 Å². The molecular formula is C24H23ClN4O3. The summed E-state index contributed by atoms with van der Waals surface area (Å²) in [4.78, 5) is 30.0. The van der Waals surface area contributed by atoms with E-state index in [0.717, 1.165) is 36.6 Å². The molecule has 7 nitrogen and oxygen atoms in total. The van der Waals surface area contributed by atoms with Crippen LogP contribution in [0.3, 0.4) is 0 Å². The molecule has 8 heteroatoms. The molecule has 1 aliphatic carbocycles. The van der Waals surface area contributed by atoms with E-state index in [2.05, 4.69) is 15.5 Å². The van der Waals surface area contributed by atoms with Crippen molar-refractivity contribution >= 4 is 39.3 Å². The van der Waals surface area contributed by atoms with Crippen LogP contribution in [0.1, 0.15) is 48.0 Å². The van der Waals surface area contributed by atoms with Crippen LogP contribution in [0, 0.1) is 12.8 Å². The Morgan fingerprint density at radius 3 is 2.91 bits per heavy atom. The summed E-state index contributed by atoms with van der Waals surface area (Å²) < 4.78 is 7.22. The Morgan fingerprint density at radius 2 is 2.09 bits per heavy atom. The average molecular weight is 451 g/mol. The van der Waals surface area contributed by atoms with Crippen molar-refractivity contribution in [3.8, 4) is 0 Å². The zero-order valence-electron chi connectivity index (χ0n) is 17.7. The fourth-order valence-electron chi connectivity index (χ4n) is 4.84. The largest absolute Gasteiger partial charge is 0.360 e. The third-order valence-electron chi connectivity index (χ3n) is 6.35. The van der Waals surface area contributed by atoms with Crippen LogP contribution in [-0.4, -0.2) is 27.2 Å². The van der Waals surface area contributed by atoms with Crippen LogP contribution in [0.4, 0.5) is 0 Å². The molecule has 2 unspecified atom stereocenters. The van der Waals surface area contributed by atoms with Gasteiger partial charge in [-0.3, -0.25) is 14.6 Å². The molecule has 3 heterocycles. The number of benzene rings is 1. The van der Waals surface area contributed by atoms with Crippen LogP contribution in [0.15, 0.2) is 51.9 Å². The molecule has 1 aliphatic rings. The molecule has 0 aliphatic heterocycles. The second-order valence-electron chi connectivity index (χ2n) is 8.38. The summed E-state index contributed by atoms with van der Waals surface area (Å²) in [5.41, 5.74) is 1.59. The summed E-state index contributed by atoms with van der Waals surface area (Å²) in [6.45, 7) is 2.30. The van der Waals surface area contributed by atoms with Crippen LogP contribution in [0.25, 0.3) is 21.8 Å². The van der Waals surface area contributed by atoms with E-state index in [4.69, 9.17) is 16.1 Å². The molecule has 0 saturated heterocycles. The number of hydrogen-bond donors (Lipinski definition) is 1. The third-order valence-corrected chi connectivity index (χ3v) is 6.67. The summed E-state index contributed by atoms with van der Waals surface area (Å²) in [6.07, 6.45) is 5.27. The van der Waals surface area contributed by atoms with Gasteiger partial charge in [-0.15, -0.1) is 0 Å². The van der Waals surface area contributed by atoms with Crippen LogP contribution < -0.4 is 10.9 Å². The van der Waals surface area contributed by atoms with Crippen LogP contribution in [0.5, 0.6) is 0 Å². The second-order valence-corrected chi connectivity index (χ2v) is 8.79. The summed E-state index contributed by atoms with van der Waals surface area (Å²) in [7, 11) is 0. The Hall–Kier alpha value is -3.19. The summed E-state index contributed by atoms with van der Waals surface area (Å²) in [5.74, 6) is 0.584. The molecule has 1 amide bonds. The van der Waals surface area contributed by atoms with Gasteiger partial charge in [-0.25, -0.2) is 0 Å². The number of aromatic nitrogens is 3. The van der Waals surface area contributed by atoms with Gasteiger partial charge in [0.05, 0.1) is 10.5 Å². The number of amides is 1. The van der Waals surface area contributed by atoms with Crippen molar-refractivity contribution in [2.45, 2.75) is 38.6 Å². The molecule has 5 rings (SSSR count). The van der Waals surface area contributed by atoms with Gasteiger partial charge in [0.1, 0.15) is 22.4 Å². The minimum atomic E-state index is -0.177. The highest BCUT2D eigenvalue weighted by Gasteiger charge is 2.28. The van der Waals surface area contributed by atoms with Crippen LogP contribution in [-0.2, 0) is 0 Å². The molecule has 1 aromatic carbocycles. The molecule has 3 aromatic heterocycles. The summed E-state index contributed by atoms with van der Waals surface area (Å²) in [5, 5.41) is 8.89. The summed E-state index contributed by atoms with van der Waals surface area (Å²) in [6, 6.07) is 10.9. The minimum Gasteiger partial charge on any atom is -0.360 e. The predicted octanol–water partition coefficient (Wildman–Crippen LogP) is 4.66. The van der Waals surface area contributed by atoms with E-state index < -0.39 is 0 Å². The van der Waals surface area contributed by atoms with Gasteiger partial charge in [-0.05, 0) is 56.4 Å². The highest BCUT2D eigenvalue weighted by molar-refractivity contribution is 6.37. The number of halogens is 1. The van der Waals surface area contributed by atoms with Gasteiger partial charge in [0.2, 0.25) is 0 Å². The van der Waals surface area contributed by atoms with Gasteiger partial charge in [0.25, 0.3) is 11.5 Å². The SMILES string of the molecule is Cc1onc2c1c(=O)n(C1CCCC(CNC(=O)c3ccccn3)C1)c1cccc(Cl)c21. The predicted molar refractivity (Wildman–Crippen MR) is 123 cm³/mol. The first-order valence-electron chi connectivity index (χ1n) is 10.8. The number of rotatable bonds is 4. The second kappa shape index (κ2) is 8.39. The number of aryl methyl sites for hydroxylation is 1. The quantitative estimate of drug-likeness (QED) is 0.488. The number of nitrogens with one attached hydrogen (secondary N) is 1. The maximum absolute atomic E-state index is 13.5. The molecule has 164 valence electrons. The van der Waals surface area contributed by atoms with E-state index in [1.807, 2.05) is 16.7 Å². The van der Waals surface area contributed by atoms with Gasteiger partial charge in [-0.1, -0.05) is 35.3 Å². The van der Waals surface area contributed by atoms with Gasteiger partial charge >= 0.3 is 0 Å². The van der Waals surface area contributed by atoms with Crippen LogP contribution >= 0.6 is 11.6 Å². The monoisotopic (exact) mass is 450 g/mol. The Balaban J connectivity index is 1.46. The van der Waals surface area contributed by atoms with Gasteiger partial charge in [0, 0.05) is 24.2 Å². The normalized spacial score (nSPS) is 18.8. The lowest BCUT2D eigenvalue weighted by Crippen LogP contribution is -2.35. The Labute approximate surface area is 189 Å². The molecule has 0 bridgehead atoms. The topological polar surface area (TPSA) is 90.0 Å². The molecule has 4 aromatic rings. The van der Waals surface area contributed by atoms with Crippen molar-refractivity contribution < 1.29 is 9.32 Å². The molecule has 1 fully saturated rings. The van der Waals surface area contributed by atoms with Crippen molar-refractivity contribution in [2.24, 2.45) is 5.92 Å². The molecular weight excluding hydrogens is 428 g/mol. The minimum absolute atomic E-state index is 0.00710. The van der Waals surface area contributed by atoms with Crippen molar-refractivity contribution in [2.75, 3.05) is 6.54 Å². The Kier molecular flexibility index (Phi) is 5.43. The highest BCUT2D eigenvalue weighted by atomic mass is 35.5. The van der Waals surface area contributed by atoms with E-state index in [1.165, 1.54) is 0 Å². The number of fused-ring (bicyclic) bond motifs is 3. The first kappa shape index (κ1) is 20.7. The van der Waals surface area contributed by atoms with Crippen LogP contribution in [0.2, 0.25) is 5.02 Å². The maximum atomic E-state index is 13.5. The number of nitrogens with zero attached hydrogens (tertiary/aromatic N) is 3. The van der Waals surface area contributed by atoms with Crippen molar-refractivity contribution in [1.29, 1.82) is 0 Å². The number of hydrogen-bond acceptors (Lipinski definition) is 5. The molecule has 0 radical (unpaired) electrons.